The van der Waals surface area contributed by atoms with E-state index in [9.17, 15) is 13.5 Å². The van der Waals surface area contributed by atoms with Gasteiger partial charge >= 0.3 is 0 Å². The third-order valence-electron chi connectivity index (χ3n) is 6.96. The number of aromatic amines is 1. The molecule has 4 N–H and O–H groups in total. The normalized spacial score (nSPS) is 24.3. The first-order chi connectivity index (χ1) is 17.3. The molecule has 192 valence electrons. The van der Waals surface area contributed by atoms with E-state index in [1.807, 2.05) is 13.0 Å². The largest absolute Gasteiger partial charge is 0.481 e. The molecule has 3 aromatic rings. The molecule has 0 saturated carbocycles. The molecule has 2 aliphatic rings. The van der Waals surface area contributed by atoms with Crippen LogP contribution in [-0.4, -0.2) is 62.7 Å². The molecule has 1 aromatic carbocycles. The Morgan fingerprint density at radius 2 is 2.03 bits per heavy atom. The lowest BCUT2D eigenvalue weighted by atomic mass is 9.75. The van der Waals surface area contributed by atoms with Gasteiger partial charge in [0.15, 0.2) is 5.82 Å². The first kappa shape index (κ1) is 24.5. The molecule has 3 atom stereocenters. The van der Waals surface area contributed by atoms with E-state index >= 15 is 0 Å². The topological polar surface area (TPSA) is 145 Å². The van der Waals surface area contributed by atoms with Crippen LogP contribution >= 0.6 is 0 Å². The van der Waals surface area contributed by atoms with Crippen molar-refractivity contribution in [2.75, 3.05) is 17.7 Å². The molecule has 36 heavy (non-hydrogen) atoms. The van der Waals surface area contributed by atoms with Gasteiger partial charge in [0, 0.05) is 29.8 Å². The van der Waals surface area contributed by atoms with Crippen molar-refractivity contribution in [1.29, 1.82) is 0 Å². The molecule has 3 unspecified atom stereocenters. The van der Waals surface area contributed by atoms with E-state index in [1.54, 1.807) is 40.7 Å². The van der Waals surface area contributed by atoms with Gasteiger partial charge in [-0.15, -0.1) is 0 Å². The van der Waals surface area contributed by atoms with E-state index in [4.69, 9.17) is 4.74 Å². The molecule has 2 aromatic heterocycles. The number of sulfonamides is 1. The number of benzene rings is 1. The maximum atomic E-state index is 13.6. The van der Waals surface area contributed by atoms with Gasteiger partial charge in [0.1, 0.15) is 5.82 Å². The zero-order valence-electron chi connectivity index (χ0n) is 20.3. The number of fused-ring (bicyclic) bond motifs is 2. The minimum absolute atomic E-state index is 0.00569. The minimum atomic E-state index is -3.61. The van der Waals surface area contributed by atoms with Crippen LogP contribution in [0.15, 0.2) is 47.4 Å². The molecule has 12 heteroatoms. The molecule has 2 aliphatic heterocycles. The summed E-state index contributed by atoms with van der Waals surface area (Å²) >= 11 is 0. The lowest BCUT2D eigenvalue weighted by Crippen LogP contribution is -2.63. The Hall–Kier alpha value is -3.22. The standard InChI is InChI=1S/C24H31N7O4S/c1-24-10-6-7-18(31(24)36(33,34)19-8-4-3-5-9-19)11-16(14-24)25-23-27-20(13-22(28-23)35-2)26-21-12-17(15-32)29-30-21/h3-5,8-9,12-13,16,18,32H,6-7,10-11,14-15H2,1-2H3,(H3,25,26,27,28,29,30). The summed E-state index contributed by atoms with van der Waals surface area (Å²) in [4.78, 5) is 9.37. The Balaban J connectivity index is 1.37. The second-order valence-electron chi connectivity index (χ2n) is 9.62. The Morgan fingerprint density at radius 1 is 1.22 bits per heavy atom. The van der Waals surface area contributed by atoms with Gasteiger partial charge in [-0.25, -0.2) is 8.42 Å². The van der Waals surface area contributed by atoms with Crippen LogP contribution in [0.5, 0.6) is 5.88 Å². The van der Waals surface area contributed by atoms with Crippen LogP contribution in [0.2, 0.25) is 0 Å². The van der Waals surface area contributed by atoms with E-state index in [0.717, 1.165) is 19.3 Å². The number of nitrogens with one attached hydrogen (secondary N) is 3. The van der Waals surface area contributed by atoms with E-state index in [1.165, 1.54) is 7.11 Å². The van der Waals surface area contributed by atoms with Gasteiger partial charge in [0.25, 0.3) is 0 Å². The van der Waals surface area contributed by atoms with Crippen molar-refractivity contribution in [2.24, 2.45) is 0 Å². The fourth-order valence-corrected chi connectivity index (χ4v) is 7.57. The summed E-state index contributed by atoms with van der Waals surface area (Å²) in [6, 6.07) is 11.9. The zero-order chi connectivity index (χ0) is 25.3. The number of hydrogen-bond donors (Lipinski definition) is 4. The van der Waals surface area contributed by atoms with Gasteiger partial charge in [-0.05, 0) is 51.2 Å². The Bertz CT molecular complexity index is 1320. The summed E-state index contributed by atoms with van der Waals surface area (Å²) < 4.78 is 34.4. The molecule has 0 aliphatic carbocycles. The maximum Gasteiger partial charge on any atom is 0.243 e. The van der Waals surface area contributed by atoms with Crippen LogP contribution in [0.4, 0.5) is 17.6 Å². The van der Waals surface area contributed by atoms with Crippen molar-refractivity contribution < 1.29 is 18.3 Å². The predicted molar refractivity (Wildman–Crippen MR) is 135 cm³/mol. The number of aliphatic hydroxyl groups is 1. The number of piperidine rings is 2. The highest BCUT2D eigenvalue weighted by Crippen LogP contribution is 2.45. The molecule has 2 fully saturated rings. The molecule has 0 amide bonds. The number of anilines is 3. The SMILES string of the molecule is COc1cc(Nc2cc(CO)[nH]n2)nc(NC2CC3CCCC(C)(C2)N3S(=O)(=O)c2ccccc2)n1. The first-order valence-electron chi connectivity index (χ1n) is 12.0. The van der Waals surface area contributed by atoms with E-state index in [2.05, 4.69) is 30.8 Å². The number of aliphatic hydroxyl groups excluding tert-OH is 1. The van der Waals surface area contributed by atoms with Crippen molar-refractivity contribution in [3.8, 4) is 5.88 Å². The van der Waals surface area contributed by atoms with Gasteiger partial charge in [-0.1, -0.05) is 18.2 Å². The van der Waals surface area contributed by atoms with Gasteiger partial charge in [0.05, 0.1) is 24.3 Å². The van der Waals surface area contributed by atoms with Crippen LogP contribution in [0.1, 0.15) is 44.7 Å². The minimum Gasteiger partial charge on any atom is -0.481 e. The Morgan fingerprint density at radius 3 is 2.72 bits per heavy atom. The van der Waals surface area contributed by atoms with Crippen LogP contribution in [0.3, 0.4) is 0 Å². The monoisotopic (exact) mass is 513 g/mol. The van der Waals surface area contributed by atoms with Crippen LogP contribution in [0.25, 0.3) is 0 Å². The number of hydrogen-bond acceptors (Lipinski definition) is 9. The Kier molecular flexibility index (Phi) is 6.58. The molecule has 2 saturated heterocycles. The van der Waals surface area contributed by atoms with Crippen molar-refractivity contribution >= 4 is 27.6 Å². The van der Waals surface area contributed by atoms with Gasteiger partial charge < -0.3 is 20.5 Å². The smallest absolute Gasteiger partial charge is 0.243 e. The molecule has 0 spiro atoms. The number of H-pyrrole nitrogens is 1. The lowest BCUT2D eigenvalue weighted by Gasteiger charge is -2.54. The van der Waals surface area contributed by atoms with Gasteiger partial charge in [-0.2, -0.15) is 19.4 Å². The van der Waals surface area contributed by atoms with Crippen LogP contribution in [0, 0.1) is 0 Å². The van der Waals surface area contributed by atoms with Crippen LogP contribution in [-0.2, 0) is 16.6 Å². The number of nitrogens with zero attached hydrogens (tertiary/aromatic N) is 4. The number of ether oxygens (including phenoxy) is 1. The molecule has 0 radical (unpaired) electrons. The summed E-state index contributed by atoms with van der Waals surface area (Å²) in [6.45, 7) is 1.90. The van der Waals surface area contributed by atoms with Crippen molar-refractivity contribution in [3.63, 3.8) is 0 Å². The fraction of sp³-hybridized carbons (Fsp3) is 0.458. The van der Waals surface area contributed by atoms with E-state index in [0.29, 0.717) is 46.9 Å². The lowest BCUT2D eigenvalue weighted by molar-refractivity contribution is 0.0405. The fourth-order valence-electron chi connectivity index (χ4n) is 5.52. The van der Waals surface area contributed by atoms with Crippen molar-refractivity contribution in [1.82, 2.24) is 24.5 Å². The third kappa shape index (κ3) is 4.75. The average molecular weight is 514 g/mol. The molecule has 2 bridgehead atoms. The number of methoxy groups -OCH3 is 1. The summed E-state index contributed by atoms with van der Waals surface area (Å²) in [5.41, 5.74) is 0.0669. The van der Waals surface area contributed by atoms with Crippen molar-refractivity contribution in [2.45, 2.75) is 68.2 Å². The zero-order valence-corrected chi connectivity index (χ0v) is 21.1. The highest BCUT2D eigenvalue weighted by Gasteiger charge is 2.52. The maximum absolute atomic E-state index is 13.6. The molecular formula is C24H31N7O4S. The highest BCUT2D eigenvalue weighted by atomic mass is 32.2. The quantitative estimate of drug-likeness (QED) is 0.357. The number of aromatic nitrogens is 4. The van der Waals surface area contributed by atoms with Gasteiger partial charge in [-0.3, -0.25) is 5.10 Å². The summed E-state index contributed by atoms with van der Waals surface area (Å²) in [5.74, 6) is 1.76. The Labute approximate surface area is 210 Å². The number of rotatable bonds is 8. The summed E-state index contributed by atoms with van der Waals surface area (Å²) in [5, 5.41) is 22.6. The second-order valence-corrected chi connectivity index (χ2v) is 11.4. The molecule has 4 heterocycles. The first-order valence-corrected chi connectivity index (χ1v) is 13.5. The van der Waals surface area contributed by atoms with E-state index in [-0.39, 0.29) is 18.7 Å². The molecule has 5 rings (SSSR count). The summed E-state index contributed by atoms with van der Waals surface area (Å²) in [6.07, 6.45) is 3.91. The molecular weight excluding hydrogens is 482 g/mol. The van der Waals surface area contributed by atoms with Crippen molar-refractivity contribution in [3.05, 3.63) is 48.2 Å². The van der Waals surface area contributed by atoms with Gasteiger partial charge in [0.2, 0.25) is 21.9 Å². The molecule has 11 nitrogen and oxygen atoms in total. The second kappa shape index (κ2) is 9.68. The predicted octanol–water partition coefficient (Wildman–Crippen LogP) is 3.02. The highest BCUT2D eigenvalue weighted by molar-refractivity contribution is 7.89. The van der Waals surface area contributed by atoms with Crippen LogP contribution < -0.4 is 15.4 Å². The average Bonchev–Trinajstić information content (AvgIpc) is 3.31. The third-order valence-corrected chi connectivity index (χ3v) is 9.09. The van der Waals surface area contributed by atoms with E-state index < -0.39 is 15.6 Å². The summed E-state index contributed by atoms with van der Waals surface area (Å²) in [7, 11) is -2.08.